The summed E-state index contributed by atoms with van der Waals surface area (Å²) in [6.07, 6.45) is 1.05. The smallest absolute Gasteiger partial charge is 0.249 e. The van der Waals surface area contributed by atoms with Gasteiger partial charge in [-0.1, -0.05) is 37.0 Å². The molecule has 1 fully saturated rings. The SMILES string of the molecule is CC1CCOC1C(=O)NCc1ccccc1C#CCCO. The number of benzene rings is 1. The third kappa shape index (κ3) is 4.32. The fourth-order valence-electron chi connectivity index (χ4n) is 2.32. The first-order valence-corrected chi connectivity index (χ1v) is 7.29. The second kappa shape index (κ2) is 7.82. The van der Waals surface area contributed by atoms with Gasteiger partial charge in [0.25, 0.3) is 0 Å². The van der Waals surface area contributed by atoms with Crippen molar-refractivity contribution in [2.45, 2.75) is 32.4 Å². The number of carbonyl (C=O) groups excluding carboxylic acids is 1. The molecule has 2 unspecified atom stereocenters. The van der Waals surface area contributed by atoms with Crippen molar-refractivity contribution in [3.05, 3.63) is 35.4 Å². The van der Waals surface area contributed by atoms with Crippen LogP contribution in [0.25, 0.3) is 0 Å². The van der Waals surface area contributed by atoms with Gasteiger partial charge in [0.1, 0.15) is 6.10 Å². The van der Waals surface area contributed by atoms with Crippen molar-refractivity contribution in [2.24, 2.45) is 5.92 Å². The number of nitrogens with one attached hydrogen (secondary N) is 1. The molecule has 0 aromatic heterocycles. The van der Waals surface area contributed by atoms with E-state index >= 15 is 0 Å². The lowest BCUT2D eigenvalue weighted by atomic mass is 10.0. The molecule has 2 rings (SSSR count). The molecule has 2 N–H and O–H groups in total. The Hall–Kier alpha value is -1.83. The van der Waals surface area contributed by atoms with Crippen molar-refractivity contribution in [2.75, 3.05) is 13.2 Å². The first-order chi connectivity index (χ1) is 10.2. The Balaban J connectivity index is 1.97. The minimum Gasteiger partial charge on any atom is -0.395 e. The average Bonchev–Trinajstić information content (AvgIpc) is 2.92. The molecule has 0 spiro atoms. The van der Waals surface area contributed by atoms with E-state index in [9.17, 15) is 4.79 Å². The summed E-state index contributed by atoms with van der Waals surface area (Å²) in [5.74, 6) is 6.14. The van der Waals surface area contributed by atoms with Gasteiger partial charge in [-0.2, -0.15) is 0 Å². The highest BCUT2D eigenvalue weighted by Gasteiger charge is 2.30. The highest BCUT2D eigenvalue weighted by molar-refractivity contribution is 5.81. The standard InChI is InChI=1S/C17H21NO3/c1-13-9-11-21-16(13)17(20)18-12-15-8-3-2-6-14(15)7-4-5-10-19/h2-3,6,8,13,16,19H,5,9-12H2,1H3,(H,18,20). The molecule has 1 aromatic rings. The van der Waals surface area contributed by atoms with Crippen LogP contribution >= 0.6 is 0 Å². The zero-order valence-corrected chi connectivity index (χ0v) is 12.3. The highest BCUT2D eigenvalue weighted by atomic mass is 16.5. The van der Waals surface area contributed by atoms with Crippen molar-refractivity contribution in [3.8, 4) is 11.8 Å². The summed E-state index contributed by atoms with van der Waals surface area (Å²) in [6, 6.07) is 7.70. The van der Waals surface area contributed by atoms with Gasteiger partial charge in [0.2, 0.25) is 5.91 Å². The van der Waals surface area contributed by atoms with Gasteiger partial charge in [-0.3, -0.25) is 4.79 Å². The van der Waals surface area contributed by atoms with Crippen LogP contribution in [0.2, 0.25) is 0 Å². The Bertz CT molecular complexity index is 544. The number of aliphatic hydroxyl groups excluding tert-OH is 1. The summed E-state index contributed by atoms with van der Waals surface area (Å²) in [4.78, 5) is 12.1. The van der Waals surface area contributed by atoms with Crippen LogP contribution < -0.4 is 5.32 Å². The maximum atomic E-state index is 12.1. The third-order valence-corrected chi connectivity index (χ3v) is 3.58. The minimum absolute atomic E-state index is 0.0573. The molecule has 2 atom stereocenters. The predicted molar refractivity (Wildman–Crippen MR) is 80.4 cm³/mol. The van der Waals surface area contributed by atoms with Crippen molar-refractivity contribution in [1.82, 2.24) is 5.32 Å². The molecule has 1 amide bonds. The highest BCUT2D eigenvalue weighted by Crippen LogP contribution is 2.20. The molecule has 4 nitrogen and oxygen atoms in total. The Morgan fingerprint density at radius 2 is 2.29 bits per heavy atom. The van der Waals surface area contributed by atoms with E-state index in [0.717, 1.165) is 17.5 Å². The van der Waals surface area contributed by atoms with E-state index < -0.39 is 0 Å². The minimum atomic E-state index is -0.336. The third-order valence-electron chi connectivity index (χ3n) is 3.58. The van der Waals surface area contributed by atoms with E-state index in [0.29, 0.717) is 19.6 Å². The topological polar surface area (TPSA) is 58.6 Å². The molecule has 0 saturated carbocycles. The van der Waals surface area contributed by atoms with Crippen molar-refractivity contribution < 1.29 is 14.6 Å². The monoisotopic (exact) mass is 287 g/mol. The lowest BCUT2D eigenvalue weighted by molar-refractivity contribution is -0.131. The summed E-state index contributed by atoms with van der Waals surface area (Å²) < 4.78 is 5.46. The van der Waals surface area contributed by atoms with Crippen molar-refractivity contribution in [1.29, 1.82) is 0 Å². The zero-order chi connectivity index (χ0) is 15.1. The van der Waals surface area contributed by atoms with E-state index in [1.54, 1.807) is 0 Å². The molecule has 0 aliphatic carbocycles. The van der Waals surface area contributed by atoms with E-state index in [1.807, 2.05) is 31.2 Å². The predicted octanol–water partition coefficient (Wildman–Crippen LogP) is 1.46. The van der Waals surface area contributed by atoms with Gasteiger partial charge in [-0.15, -0.1) is 0 Å². The summed E-state index contributed by atoms with van der Waals surface area (Å²) in [5, 5.41) is 11.7. The van der Waals surface area contributed by atoms with Crippen molar-refractivity contribution >= 4 is 5.91 Å². The molecular weight excluding hydrogens is 266 g/mol. The van der Waals surface area contributed by atoms with Crippen LogP contribution in [0.4, 0.5) is 0 Å². The van der Waals surface area contributed by atoms with E-state index in [1.165, 1.54) is 0 Å². The van der Waals surface area contributed by atoms with E-state index in [-0.39, 0.29) is 24.5 Å². The van der Waals surface area contributed by atoms with Gasteiger partial charge in [-0.25, -0.2) is 0 Å². The van der Waals surface area contributed by atoms with Crippen LogP contribution in [0.5, 0.6) is 0 Å². The van der Waals surface area contributed by atoms with Crippen LogP contribution in [0.15, 0.2) is 24.3 Å². The van der Waals surface area contributed by atoms with Crippen LogP contribution in [0, 0.1) is 17.8 Å². The first-order valence-electron chi connectivity index (χ1n) is 7.29. The van der Waals surface area contributed by atoms with E-state index in [2.05, 4.69) is 17.2 Å². The number of aliphatic hydroxyl groups is 1. The summed E-state index contributed by atoms with van der Waals surface area (Å²) in [7, 11) is 0. The number of hydrogen-bond acceptors (Lipinski definition) is 3. The maximum Gasteiger partial charge on any atom is 0.249 e. The lowest BCUT2D eigenvalue weighted by Gasteiger charge is -2.15. The fraction of sp³-hybridized carbons (Fsp3) is 0.471. The summed E-state index contributed by atoms with van der Waals surface area (Å²) >= 11 is 0. The number of carbonyl (C=O) groups is 1. The summed E-state index contributed by atoms with van der Waals surface area (Å²) in [5.41, 5.74) is 1.86. The van der Waals surface area contributed by atoms with Gasteiger partial charge in [0.15, 0.2) is 0 Å². The molecule has 1 aliphatic heterocycles. The second-order valence-corrected chi connectivity index (χ2v) is 5.21. The molecule has 0 bridgehead atoms. The average molecular weight is 287 g/mol. The van der Waals surface area contributed by atoms with Crippen LogP contribution in [0.1, 0.15) is 30.9 Å². The number of rotatable bonds is 4. The Labute approximate surface area is 125 Å². The number of amides is 1. The molecule has 112 valence electrons. The second-order valence-electron chi connectivity index (χ2n) is 5.21. The van der Waals surface area contributed by atoms with Gasteiger partial charge in [0, 0.05) is 25.1 Å². The largest absolute Gasteiger partial charge is 0.395 e. The molecule has 1 aliphatic rings. The molecule has 0 radical (unpaired) electrons. The van der Waals surface area contributed by atoms with Gasteiger partial charge in [-0.05, 0) is 24.0 Å². The fourth-order valence-corrected chi connectivity index (χ4v) is 2.32. The van der Waals surface area contributed by atoms with Crippen LogP contribution in [-0.2, 0) is 16.1 Å². The quantitative estimate of drug-likeness (QED) is 0.824. The first kappa shape index (κ1) is 15.6. The van der Waals surface area contributed by atoms with Gasteiger partial charge >= 0.3 is 0 Å². The van der Waals surface area contributed by atoms with Crippen LogP contribution in [-0.4, -0.2) is 30.3 Å². The Morgan fingerprint density at radius 3 is 3.00 bits per heavy atom. The summed E-state index contributed by atoms with van der Waals surface area (Å²) in [6.45, 7) is 3.19. The Kier molecular flexibility index (Phi) is 5.79. The molecule has 1 heterocycles. The molecular formula is C17H21NO3. The zero-order valence-electron chi connectivity index (χ0n) is 12.3. The number of ether oxygens (including phenoxy) is 1. The molecule has 4 heteroatoms. The van der Waals surface area contributed by atoms with Gasteiger partial charge in [0.05, 0.1) is 6.61 Å². The Morgan fingerprint density at radius 1 is 1.48 bits per heavy atom. The molecule has 21 heavy (non-hydrogen) atoms. The maximum absolute atomic E-state index is 12.1. The normalized spacial score (nSPS) is 20.7. The van der Waals surface area contributed by atoms with Crippen molar-refractivity contribution in [3.63, 3.8) is 0 Å². The molecule has 1 saturated heterocycles. The lowest BCUT2D eigenvalue weighted by Crippen LogP contribution is -2.36. The van der Waals surface area contributed by atoms with Crippen LogP contribution in [0.3, 0.4) is 0 Å². The molecule has 1 aromatic carbocycles. The number of hydrogen-bond donors (Lipinski definition) is 2. The van der Waals surface area contributed by atoms with Gasteiger partial charge < -0.3 is 15.2 Å². The van der Waals surface area contributed by atoms with E-state index in [4.69, 9.17) is 9.84 Å².